The van der Waals surface area contributed by atoms with Gasteiger partial charge in [-0.3, -0.25) is 13.9 Å². The fourth-order valence-electron chi connectivity index (χ4n) is 1.46. The molecule has 1 heterocycles. The fraction of sp³-hybridized carbons (Fsp3) is 0.600. The number of rotatable bonds is 5. The van der Waals surface area contributed by atoms with E-state index in [9.17, 15) is 14.5 Å². The van der Waals surface area contributed by atoms with Crippen molar-refractivity contribution < 1.29 is 0 Å². The topological polar surface area (TPSA) is 73.4 Å². The van der Waals surface area contributed by atoms with Crippen LogP contribution in [0, 0.1) is 4.91 Å². The average Bonchev–Trinajstić information content (AvgIpc) is 2.29. The first-order valence-electron chi connectivity index (χ1n) is 5.25. The van der Waals surface area contributed by atoms with Crippen LogP contribution in [0.4, 0.5) is 5.69 Å². The zero-order valence-electron chi connectivity index (χ0n) is 9.47. The lowest BCUT2D eigenvalue weighted by Crippen LogP contribution is -2.37. The van der Waals surface area contributed by atoms with Gasteiger partial charge in [0.1, 0.15) is 0 Å². The van der Waals surface area contributed by atoms with Crippen molar-refractivity contribution in [3.05, 3.63) is 31.9 Å². The SMILES string of the molecule is CCCCCn1cc(N=O)c(=O)n(C)c1=O. The number of hydrogen-bond acceptors (Lipinski definition) is 4. The zero-order valence-corrected chi connectivity index (χ0v) is 9.47. The summed E-state index contributed by atoms with van der Waals surface area (Å²) in [6.07, 6.45) is 4.11. The first-order chi connectivity index (χ1) is 7.61. The predicted octanol–water partition coefficient (Wildman–Crippen LogP) is 1.14. The van der Waals surface area contributed by atoms with Crippen LogP contribution in [-0.2, 0) is 13.6 Å². The molecule has 0 aliphatic heterocycles. The van der Waals surface area contributed by atoms with E-state index >= 15 is 0 Å². The minimum Gasteiger partial charge on any atom is -0.298 e. The minimum atomic E-state index is -0.647. The molecule has 0 spiro atoms. The van der Waals surface area contributed by atoms with Gasteiger partial charge < -0.3 is 0 Å². The summed E-state index contributed by atoms with van der Waals surface area (Å²) in [5, 5.41) is 2.62. The second kappa shape index (κ2) is 5.39. The first kappa shape index (κ1) is 12.4. The van der Waals surface area contributed by atoms with Gasteiger partial charge in [0.15, 0.2) is 5.69 Å². The maximum atomic E-state index is 11.6. The van der Waals surface area contributed by atoms with Gasteiger partial charge >= 0.3 is 5.69 Å². The smallest absolute Gasteiger partial charge is 0.298 e. The lowest BCUT2D eigenvalue weighted by molar-refractivity contribution is 0.552. The zero-order chi connectivity index (χ0) is 12.1. The molecule has 6 nitrogen and oxygen atoms in total. The number of unbranched alkanes of at least 4 members (excludes halogenated alkanes) is 2. The Labute approximate surface area is 92.5 Å². The highest BCUT2D eigenvalue weighted by molar-refractivity contribution is 5.29. The van der Waals surface area contributed by atoms with Crippen molar-refractivity contribution in [2.24, 2.45) is 12.2 Å². The molecule has 0 radical (unpaired) electrons. The summed E-state index contributed by atoms with van der Waals surface area (Å²) >= 11 is 0. The quantitative estimate of drug-likeness (QED) is 0.557. The van der Waals surface area contributed by atoms with E-state index in [0.717, 1.165) is 23.8 Å². The van der Waals surface area contributed by atoms with Gasteiger partial charge in [0.2, 0.25) is 0 Å². The maximum Gasteiger partial charge on any atom is 0.330 e. The van der Waals surface area contributed by atoms with Crippen LogP contribution in [0.1, 0.15) is 26.2 Å². The van der Waals surface area contributed by atoms with Crippen molar-refractivity contribution in [1.82, 2.24) is 9.13 Å². The Kier molecular flexibility index (Phi) is 4.16. The van der Waals surface area contributed by atoms with Gasteiger partial charge in [-0.25, -0.2) is 4.79 Å². The molecule has 1 aromatic heterocycles. The second-order valence-electron chi connectivity index (χ2n) is 3.65. The Morgan fingerprint density at radius 3 is 2.56 bits per heavy atom. The third kappa shape index (κ3) is 2.44. The Bertz CT molecular complexity index is 487. The third-order valence-corrected chi connectivity index (χ3v) is 2.44. The normalized spacial score (nSPS) is 10.4. The van der Waals surface area contributed by atoms with Crippen molar-refractivity contribution in [3.63, 3.8) is 0 Å². The standard InChI is InChI=1S/C10H15N3O3/c1-3-4-5-6-13-7-8(11-16)9(14)12(2)10(13)15/h7H,3-6H2,1-2H3. The molecule has 0 saturated heterocycles. The highest BCUT2D eigenvalue weighted by Crippen LogP contribution is 2.02. The van der Waals surface area contributed by atoms with E-state index in [0.29, 0.717) is 6.54 Å². The first-order valence-corrected chi connectivity index (χ1v) is 5.25. The van der Waals surface area contributed by atoms with Gasteiger partial charge in [-0.05, 0) is 11.6 Å². The van der Waals surface area contributed by atoms with Gasteiger partial charge in [0.05, 0.1) is 0 Å². The molecule has 1 aromatic rings. The van der Waals surface area contributed by atoms with Gasteiger partial charge in [-0.2, -0.15) is 0 Å². The molecule has 0 fully saturated rings. The van der Waals surface area contributed by atoms with Crippen LogP contribution in [-0.4, -0.2) is 9.13 Å². The maximum absolute atomic E-state index is 11.6. The summed E-state index contributed by atoms with van der Waals surface area (Å²) in [6.45, 7) is 2.56. The van der Waals surface area contributed by atoms with Crippen LogP contribution in [0.15, 0.2) is 21.0 Å². The summed E-state index contributed by atoms with van der Waals surface area (Å²) in [4.78, 5) is 33.4. The lowest BCUT2D eigenvalue weighted by atomic mass is 10.2. The van der Waals surface area contributed by atoms with Crippen molar-refractivity contribution in [3.8, 4) is 0 Å². The number of hydrogen-bond donors (Lipinski definition) is 0. The summed E-state index contributed by atoms with van der Waals surface area (Å²) in [6, 6.07) is 0. The summed E-state index contributed by atoms with van der Waals surface area (Å²) in [5.41, 5.74) is -1.28. The van der Waals surface area contributed by atoms with E-state index in [1.807, 2.05) is 0 Å². The van der Waals surface area contributed by atoms with Crippen LogP contribution in [0.2, 0.25) is 0 Å². The Balaban J connectivity index is 3.10. The van der Waals surface area contributed by atoms with Crippen LogP contribution < -0.4 is 11.2 Å². The largest absolute Gasteiger partial charge is 0.330 e. The molecular formula is C10H15N3O3. The molecule has 1 rings (SSSR count). The van der Waals surface area contributed by atoms with Crippen molar-refractivity contribution in [2.75, 3.05) is 0 Å². The molecule has 16 heavy (non-hydrogen) atoms. The van der Waals surface area contributed by atoms with Crippen molar-refractivity contribution in [2.45, 2.75) is 32.7 Å². The van der Waals surface area contributed by atoms with Gasteiger partial charge in [-0.15, -0.1) is 4.91 Å². The fourth-order valence-corrected chi connectivity index (χ4v) is 1.46. The van der Waals surface area contributed by atoms with E-state index in [-0.39, 0.29) is 5.69 Å². The van der Waals surface area contributed by atoms with Crippen LogP contribution in [0.5, 0.6) is 0 Å². The van der Waals surface area contributed by atoms with Gasteiger partial charge in [0, 0.05) is 19.8 Å². The molecule has 0 aromatic carbocycles. The van der Waals surface area contributed by atoms with E-state index in [1.165, 1.54) is 17.8 Å². The molecule has 0 aliphatic carbocycles. The second-order valence-corrected chi connectivity index (χ2v) is 3.65. The molecule has 88 valence electrons. The predicted molar refractivity (Wildman–Crippen MR) is 60.9 cm³/mol. The average molecular weight is 225 g/mol. The van der Waals surface area contributed by atoms with E-state index < -0.39 is 11.2 Å². The molecule has 0 bridgehead atoms. The molecule has 0 N–H and O–H groups in total. The number of aryl methyl sites for hydroxylation is 1. The van der Waals surface area contributed by atoms with Crippen molar-refractivity contribution >= 4 is 5.69 Å². The van der Waals surface area contributed by atoms with Gasteiger partial charge in [0.25, 0.3) is 5.56 Å². The molecule has 0 amide bonds. The van der Waals surface area contributed by atoms with Crippen LogP contribution in [0.25, 0.3) is 0 Å². The summed E-state index contributed by atoms with van der Waals surface area (Å²) < 4.78 is 2.26. The molecule has 0 saturated carbocycles. The molecule has 0 aliphatic rings. The summed E-state index contributed by atoms with van der Waals surface area (Å²) in [5.74, 6) is 0. The molecule has 6 heteroatoms. The molecule has 0 atom stereocenters. The Hall–Kier alpha value is -1.72. The molecule has 0 unspecified atom stereocenters. The Morgan fingerprint density at radius 1 is 1.31 bits per heavy atom. The lowest BCUT2D eigenvalue weighted by Gasteiger charge is -2.06. The van der Waals surface area contributed by atoms with Crippen LogP contribution in [0.3, 0.4) is 0 Å². The van der Waals surface area contributed by atoms with Crippen molar-refractivity contribution in [1.29, 1.82) is 0 Å². The molecular weight excluding hydrogens is 210 g/mol. The number of nitroso groups, excluding NO2 is 1. The monoisotopic (exact) mass is 225 g/mol. The van der Waals surface area contributed by atoms with E-state index in [4.69, 9.17) is 0 Å². The number of nitrogens with zero attached hydrogens (tertiary/aromatic N) is 3. The highest BCUT2D eigenvalue weighted by atomic mass is 16.3. The number of aromatic nitrogens is 2. The van der Waals surface area contributed by atoms with E-state index in [2.05, 4.69) is 12.1 Å². The minimum absolute atomic E-state index is 0.224. The summed E-state index contributed by atoms with van der Waals surface area (Å²) in [7, 11) is 1.34. The highest BCUT2D eigenvalue weighted by Gasteiger charge is 2.08. The van der Waals surface area contributed by atoms with Crippen LogP contribution >= 0.6 is 0 Å². The third-order valence-electron chi connectivity index (χ3n) is 2.44. The van der Waals surface area contributed by atoms with Gasteiger partial charge in [-0.1, -0.05) is 19.8 Å². The van der Waals surface area contributed by atoms with E-state index in [1.54, 1.807) is 0 Å². The Morgan fingerprint density at radius 2 is 2.00 bits per heavy atom.